The second-order valence-electron chi connectivity index (χ2n) is 6.70. The molecule has 0 bridgehead atoms. The molecule has 9 heteroatoms. The highest BCUT2D eigenvalue weighted by Gasteiger charge is 2.26. The molecule has 1 saturated heterocycles. The van der Waals surface area contributed by atoms with E-state index in [1.807, 2.05) is 37.3 Å². The summed E-state index contributed by atoms with van der Waals surface area (Å²) in [4.78, 5) is 16.6. The van der Waals surface area contributed by atoms with Gasteiger partial charge in [0.1, 0.15) is 11.5 Å². The summed E-state index contributed by atoms with van der Waals surface area (Å²) in [5.74, 6) is 1.95. The van der Waals surface area contributed by atoms with Crippen LogP contribution in [0.3, 0.4) is 0 Å². The molecule has 7 nitrogen and oxygen atoms in total. The van der Waals surface area contributed by atoms with Crippen LogP contribution < -0.4 is 20.5 Å². The van der Waals surface area contributed by atoms with Crippen LogP contribution in [0.5, 0.6) is 17.4 Å². The van der Waals surface area contributed by atoms with Crippen LogP contribution >= 0.6 is 24.8 Å². The van der Waals surface area contributed by atoms with Gasteiger partial charge in [-0.3, -0.25) is 4.79 Å². The summed E-state index contributed by atoms with van der Waals surface area (Å²) in [7, 11) is 0. The molecule has 0 radical (unpaired) electrons. The van der Waals surface area contributed by atoms with Crippen molar-refractivity contribution < 1.29 is 19.0 Å². The SMILES string of the molecule is CCOc1ccc(Oc2cc(CNC(=O)C(N)C3CCOCC3)ccn2)cc1.Cl.Cl. The van der Waals surface area contributed by atoms with Gasteiger partial charge in [0.25, 0.3) is 0 Å². The minimum absolute atomic E-state index is 0. The van der Waals surface area contributed by atoms with E-state index in [0.717, 1.165) is 24.2 Å². The number of amides is 1. The van der Waals surface area contributed by atoms with Crippen LogP contribution in [-0.2, 0) is 16.1 Å². The Labute approximate surface area is 189 Å². The number of aromatic nitrogens is 1. The topological polar surface area (TPSA) is 95.7 Å². The standard InChI is InChI=1S/C21H27N3O4.2ClH/c1-2-27-17-3-5-18(6-4-17)28-19-13-15(7-10-23-19)14-24-21(25)20(22)16-8-11-26-12-9-16;;/h3-7,10,13,16,20H,2,8-9,11-12,14,22H2,1H3,(H,24,25);2*1H. The molecule has 1 aromatic carbocycles. The van der Waals surface area contributed by atoms with Crippen LogP contribution in [0.2, 0.25) is 0 Å². The van der Waals surface area contributed by atoms with Crippen molar-refractivity contribution in [3.05, 3.63) is 48.2 Å². The number of nitrogens with zero attached hydrogens (tertiary/aromatic N) is 1. The van der Waals surface area contributed by atoms with Gasteiger partial charge in [0.05, 0.1) is 12.6 Å². The summed E-state index contributed by atoms with van der Waals surface area (Å²) in [6, 6.07) is 10.5. The van der Waals surface area contributed by atoms with Gasteiger partial charge in [-0.25, -0.2) is 4.98 Å². The second kappa shape index (κ2) is 13.3. The Morgan fingerprint density at radius 1 is 1.20 bits per heavy atom. The molecule has 166 valence electrons. The summed E-state index contributed by atoms with van der Waals surface area (Å²) in [6.45, 7) is 4.27. The van der Waals surface area contributed by atoms with E-state index >= 15 is 0 Å². The summed E-state index contributed by atoms with van der Waals surface area (Å²) in [5, 5.41) is 2.90. The molecule has 0 aliphatic carbocycles. The van der Waals surface area contributed by atoms with Crippen LogP contribution in [-0.4, -0.2) is 36.8 Å². The third kappa shape index (κ3) is 7.65. The van der Waals surface area contributed by atoms with Crippen molar-refractivity contribution in [1.29, 1.82) is 0 Å². The Hall–Kier alpha value is -2.06. The molecule has 1 unspecified atom stereocenters. The Balaban J connectivity index is 0.00000225. The lowest BCUT2D eigenvalue weighted by Gasteiger charge is -2.26. The van der Waals surface area contributed by atoms with Gasteiger partial charge in [-0.15, -0.1) is 24.8 Å². The van der Waals surface area contributed by atoms with Gasteiger partial charge in [-0.1, -0.05) is 0 Å². The Kier molecular flexibility index (Phi) is 11.5. The molecular weight excluding hydrogens is 429 g/mol. The molecule has 1 atom stereocenters. The number of hydrogen-bond donors (Lipinski definition) is 2. The fraction of sp³-hybridized carbons (Fsp3) is 0.429. The minimum Gasteiger partial charge on any atom is -0.494 e. The van der Waals surface area contributed by atoms with Gasteiger partial charge in [-0.05, 0) is 61.6 Å². The number of hydrogen-bond acceptors (Lipinski definition) is 6. The van der Waals surface area contributed by atoms with Gasteiger partial charge < -0.3 is 25.3 Å². The van der Waals surface area contributed by atoms with E-state index in [0.29, 0.717) is 38.0 Å². The van der Waals surface area contributed by atoms with E-state index in [1.54, 1.807) is 12.3 Å². The first-order valence-electron chi connectivity index (χ1n) is 9.62. The molecule has 1 aromatic heterocycles. The van der Waals surface area contributed by atoms with E-state index in [4.69, 9.17) is 19.9 Å². The number of carbonyl (C=O) groups excluding carboxylic acids is 1. The van der Waals surface area contributed by atoms with E-state index in [1.165, 1.54) is 0 Å². The number of ether oxygens (including phenoxy) is 3. The van der Waals surface area contributed by atoms with Crippen molar-refractivity contribution in [2.75, 3.05) is 19.8 Å². The average molecular weight is 458 g/mol. The lowest BCUT2D eigenvalue weighted by molar-refractivity contribution is -0.124. The fourth-order valence-corrected chi connectivity index (χ4v) is 3.10. The van der Waals surface area contributed by atoms with Crippen molar-refractivity contribution in [2.45, 2.75) is 32.4 Å². The molecule has 2 aromatic rings. The third-order valence-corrected chi connectivity index (χ3v) is 4.70. The van der Waals surface area contributed by atoms with E-state index < -0.39 is 6.04 Å². The fourth-order valence-electron chi connectivity index (χ4n) is 3.10. The number of pyridine rings is 1. The van der Waals surface area contributed by atoms with Crippen LogP contribution in [0.1, 0.15) is 25.3 Å². The van der Waals surface area contributed by atoms with Gasteiger partial charge >= 0.3 is 0 Å². The lowest BCUT2D eigenvalue weighted by atomic mass is 9.92. The summed E-state index contributed by atoms with van der Waals surface area (Å²) in [6.07, 6.45) is 3.30. The maximum atomic E-state index is 12.3. The average Bonchev–Trinajstić information content (AvgIpc) is 2.74. The predicted molar refractivity (Wildman–Crippen MR) is 120 cm³/mol. The maximum Gasteiger partial charge on any atom is 0.237 e. The van der Waals surface area contributed by atoms with Crippen molar-refractivity contribution >= 4 is 30.7 Å². The molecule has 1 amide bonds. The lowest BCUT2D eigenvalue weighted by Crippen LogP contribution is -2.46. The highest BCUT2D eigenvalue weighted by atomic mass is 35.5. The third-order valence-electron chi connectivity index (χ3n) is 4.70. The van der Waals surface area contributed by atoms with Gasteiger partial charge in [0.2, 0.25) is 11.8 Å². The summed E-state index contributed by atoms with van der Waals surface area (Å²) < 4.78 is 16.5. The number of nitrogens with two attached hydrogens (primary N) is 1. The second-order valence-corrected chi connectivity index (χ2v) is 6.70. The molecule has 2 heterocycles. The number of carbonyl (C=O) groups is 1. The van der Waals surface area contributed by atoms with Crippen molar-refractivity contribution in [3.8, 4) is 17.4 Å². The van der Waals surface area contributed by atoms with Crippen molar-refractivity contribution in [2.24, 2.45) is 11.7 Å². The molecule has 3 N–H and O–H groups in total. The van der Waals surface area contributed by atoms with Crippen LogP contribution in [0, 0.1) is 5.92 Å². The Morgan fingerprint density at radius 2 is 1.87 bits per heavy atom. The molecule has 1 aliphatic heterocycles. The zero-order valence-electron chi connectivity index (χ0n) is 16.9. The molecule has 1 aliphatic rings. The van der Waals surface area contributed by atoms with Gasteiger partial charge in [-0.2, -0.15) is 0 Å². The van der Waals surface area contributed by atoms with Crippen LogP contribution in [0.4, 0.5) is 0 Å². The monoisotopic (exact) mass is 457 g/mol. The smallest absolute Gasteiger partial charge is 0.237 e. The zero-order chi connectivity index (χ0) is 19.8. The molecular formula is C21H29Cl2N3O4. The quantitative estimate of drug-likeness (QED) is 0.629. The summed E-state index contributed by atoms with van der Waals surface area (Å²) >= 11 is 0. The minimum atomic E-state index is -0.509. The highest BCUT2D eigenvalue weighted by molar-refractivity contribution is 5.85. The first-order chi connectivity index (χ1) is 13.7. The summed E-state index contributed by atoms with van der Waals surface area (Å²) in [5.41, 5.74) is 7.00. The van der Waals surface area contributed by atoms with Crippen LogP contribution in [0.15, 0.2) is 42.6 Å². The highest BCUT2D eigenvalue weighted by Crippen LogP contribution is 2.23. The van der Waals surface area contributed by atoms with Gasteiger partial charge in [0.15, 0.2) is 0 Å². The number of nitrogens with one attached hydrogen (secondary N) is 1. The maximum absolute atomic E-state index is 12.3. The molecule has 30 heavy (non-hydrogen) atoms. The van der Waals surface area contributed by atoms with E-state index in [2.05, 4.69) is 10.3 Å². The number of rotatable bonds is 8. The molecule has 0 spiro atoms. The van der Waals surface area contributed by atoms with Gasteiger partial charge in [0, 0.05) is 32.0 Å². The Morgan fingerprint density at radius 3 is 2.53 bits per heavy atom. The number of benzene rings is 1. The predicted octanol–water partition coefficient (Wildman–Crippen LogP) is 3.49. The molecule has 3 rings (SSSR count). The van der Waals surface area contributed by atoms with Crippen molar-refractivity contribution in [1.82, 2.24) is 10.3 Å². The normalized spacial score (nSPS) is 14.6. The first-order valence-corrected chi connectivity index (χ1v) is 9.62. The molecule has 1 fully saturated rings. The Bertz CT molecular complexity index is 771. The first kappa shape index (κ1) is 26.0. The number of halogens is 2. The molecule has 0 saturated carbocycles. The van der Waals surface area contributed by atoms with Crippen molar-refractivity contribution in [3.63, 3.8) is 0 Å². The zero-order valence-corrected chi connectivity index (χ0v) is 18.5. The largest absolute Gasteiger partial charge is 0.494 e. The van der Waals surface area contributed by atoms with E-state index in [-0.39, 0.29) is 36.6 Å². The van der Waals surface area contributed by atoms with Crippen LogP contribution in [0.25, 0.3) is 0 Å². The van der Waals surface area contributed by atoms with E-state index in [9.17, 15) is 4.79 Å².